The maximum absolute atomic E-state index is 12.2. The highest BCUT2D eigenvalue weighted by molar-refractivity contribution is 9.10. The number of esters is 1. The van der Waals surface area contributed by atoms with Gasteiger partial charge in [0.25, 0.3) is 0 Å². The van der Waals surface area contributed by atoms with Crippen LogP contribution in [0.4, 0.5) is 5.69 Å². The lowest BCUT2D eigenvalue weighted by Crippen LogP contribution is -2.31. The zero-order valence-electron chi connectivity index (χ0n) is 11.1. The minimum Gasteiger partial charge on any atom is -0.425 e. The quantitative estimate of drug-likeness (QED) is 0.526. The highest BCUT2D eigenvalue weighted by Crippen LogP contribution is 2.33. The van der Waals surface area contributed by atoms with Crippen LogP contribution < -0.4 is 10.5 Å². The van der Waals surface area contributed by atoms with Gasteiger partial charge in [0.1, 0.15) is 5.75 Å². The van der Waals surface area contributed by atoms with Crippen molar-refractivity contribution in [2.45, 2.75) is 26.4 Å². The SMILES string of the molecule is CC(C)[C@H]1OCC[C@@H]1C(=O)Oc1cccc(N)c1Br. The number of benzene rings is 1. The van der Waals surface area contributed by atoms with Gasteiger partial charge in [0.2, 0.25) is 0 Å². The Hall–Kier alpha value is -1.07. The van der Waals surface area contributed by atoms with Crippen molar-refractivity contribution >= 4 is 27.6 Å². The molecule has 0 spiro atoms. The van der Waals surface area contributed by atoms with Gasteiger partial charge in [-0.1, -0.05) is 19.9 Å². The zero-order chi connectivity index (χ0) is 14.0. The van der Waals surface area contributed by atoms with Gasteiger partial charge >= 0.3 is 5.97 Å². The Labute approximate surface area is 121 Å². The Morgan fingerprint density at radius 3 is 2.95 bits per heavy atom. The molecule has 4 nitrogen and oxygen atoms in total. The summed E-state index contributed by atoms with van der Waals surface area (Å²) in [4.78, 5) is 12.2. The first-order chi connectivity index (χ1) is 9.00. The van der Waals surface area contributed by atoms with Crippen molar-refractivity contribution in [2.24, 2.45) is 11.8 Å². The molecule has 2 N–H and O–H groups in total. The molecule has 5 heteroatoms. The van der Waals surface area contributed by atoms with Crippen LogP contribution in [-0.4, -0.2) is 18.7 Å². The van der Waals surface area contributed by atoms with Crippen LogP contribution in [0.5, 0.6) is 5.75 Å². The number of nitrogen functional groups attached to an aromatic ring is 1. The average molecular weight is 328 g/mol. The third kappa shape index (κ3) is 3.09. The number of hydrogen-bond acceptors (Lipinski definition) is 4. The van der Waals surface area contributed by atoms with E-state index in [1.807, 2.05) is 13.8 Å². The lowest BCUT2D eigenvalue weighted by molar-refractivity contribution is -0.141. The average Bonchev–Trinajstić information content (AvgIpc) is 2.84. The van der Waals surface area contributed by atoms with Gasteiger partial charge in [0.15, 0.2) is 0 Å². The second-order valence-electron chi connectivity index (χ2n) is 5.06. The van der Waals surface area contributed by atoms with Gasteiger partial charge in [-0.05, 0) is 40.4 Å². The third-order valence-corrected chi connectivity index (χ3v) is 4.15. The smallest absolute Gasteiger partial charge is 0.317 e. The predicted octanol–water partition coefficient (Wildman–Crippen LogP) is 3.00. The number of anilines is 1. The summed E-state index contributed by atoms with van der Waals surface area (Å²) >= 11 is 3.33. The molecular formula is C14H18BrNO3. The van der Waals surface area contributed by atoms with E-state index in [1.54, 1.807) is 18.2 Å². The van der Waals surface area contributed by atoms with E-state index >= 15 is 0 Å². The predicted molar refractivity (Wildman–Crippen MR) is 76.9 cm³/mol. The minimum atomic E-state index is -0.248. The van der Waals surface area contributed by atoms with Crippen LogP contribution in [0.1, 0.15) is 20.3 Å². The molecule has 19 heavy (non-hydrogen) atoms. The van der Waals surface area contributed by atoms with Crippen molar-refractivity contribution in [2.75, 3.05) is 12.3 Å². The van der Waals surface area contributed by atoms with E-state index in [0.717, 1.165) is 0 Å². The molecule has 1 heterocycles. The highest BCUT2D eigenvalue weighted by atomic mass is 79.9. The first kappa shape index (κ1) is 14.3. The number of halogens is 1. The summed E-state index contributed by atoms with van der Waals surface area (Å²) in [5.74, 6) is 0.305. The molecule has 2 rings (SSSR count). The molecule has 0 unspecified atom stereocenters. The summed E-state index contributed by atoms with van der Waals surface area (Å²) in [7, 11) is 0. The maximum Gasteiger partial charge on any atom is 0.317 e. The Bertz CT molecular complexity index is 476. The minimum absolute atomic E-state index is 0.0627. The normalized spacial score (nSPS) is 22.7. The van der Waals surface area contributed by atoms with Crippen LogP contribution in [0.25, 0.3) is 0 Å². The van der Waals surface area contributed by atoms with Crippen LogP contribution in [0, 0.1) is 11.8 Å². The van der Waals surface area contributed by atoms with E-state index in [-0.39, 0.29) is 18.0 Å². The van der Waals surface area contributed by atoms with Crippen LogP contribution in [0.15, 0.2) is 22.7 Å². The maximum atomic E-state index is 12.2. The van der Waals surface area contributed by atoms with E-state index < -0.39 is 0 Å². The van der Waals surface area contributed by atoms with Crippen LogP contribution in [0.2, 0.25) is 0 Å². The monoisotopic (exact) mass is 327 g/mol. The van der Waals surface area contributed by atoms with E-state index in [0.29, 0.717) is 34.9 Å². The summed E-state index contributed by atoms with van der Waals surface area (Å²) in [6, 6.07) is 5.23. The van der Waals surface area contributed by atoms with E-state index in [4.69, 9.17) is 15.2 Å². The highest BCUT2D eigenvalue weighted by Gasteiger charge is 2.37. The summed E-state index contributed by atoms with van der Waals surface area (Å²) in [6.07, 6.45) is 0.647. The largest absolute Gasteiger partial charge is 0.425 e. The number of hydrogen-bond donors (Lipinski definition) is 1. The Morgan fingerprint density at radius 1 is 1.53 bits per heavy atom. The topological polar surface area (TPSA) is 61.5 Å². The van der Waals surface area contributed by atoms with Crippen molar-refractivity contribution in [3.63, 3.8) is 0 Å². The molecular weight excluding hydrogens is 310 g/mol. The van der Waals surface area contributed by atoms with Gasteiger partial charge in [0.05, 0.1) is 16.5 Å². The Morgan fingerprint density at radius 2 is 2.26 bits per heavy atom. The van der Waals surface area contributed by atoms with E-state index in [2.05, 4.69) is 15.9 Å². The summed E-state index contributed by atoms with van der Waals surface area (Å²) < 4.78 is 11.7. The van der Waals surface area contributed by atoms with Crippen molar-refractivity contribution in [1.82, 2.24) is 0 Å². The van der Waals surface area contributed by atoms with Crippen LogP contribution in [0.3, 0.4) is 0 Å². The van der Waals surface area contributed by atoms with Gasteiger partial charge < -0.3 is 15.2 Å². The molecule has 1 aliphatic heterocycles. The Balaban J connectivity index is 2.11. The second kappa shape index (κ2) is 5.92. The Kier molecular flexibility index (Phi) is 4.47. The molecule has 104 valence electrons. The fraction of sp³-hybridized carbons (Fsp3) is 0.500. The number of ether oxygens (including phenoxy) is 2. The molecule has 1 aromatic rings. The summed E-state index contributed by atoms with van der Waals surface area (Å²) in [6.45, 7) is 4.71. The summed E-state index contributed by atoms with van der Waals surface area (Å²) in [5, 5.41) is 0. The molecule has 1 fully saturated rings. The standard InChI is InChI=1S/C14H18BrNO3/c1-8(2)13-9(6-7-18-13)14(17)19-11-5-3-4-10(16)12(11)15/h3-5,8-9,13H,6-7,16H2,1-2H3/t9-,13+/m0/s1. The lowest BCUT2D eigenvalue weighted by Gasteiger charge is -2.20. The van der Waals surface area contributed by atoms with Gasteiger partial charge in [-0.3, -0.25) is 4.79 Å². The van der Waals surface area contributed by atoms with Gasteiger partial charge in [0, 0.05) is 12.3 Å². The lowest BCUT2D eigenvalue weighted by atomic mass is 9.93. The van der Waals surface area contributed by atoms with Crippen LogP contribution >= 0.6 is 15.9 Å². The van der Waals surface area contributed by atoms with Gasteiger partial charge in [-0.15, -0.1) is 0 Å². The molecule has 0 aliphatic carbocycles. The van der Waals surface area contributed by atoms with Gasteiger partial charge in [-0.25, -0.2) is 0 Å². The number of carbonyl (C=O) groups is 1. The summed E-state index contributed by atoms with van der Waals surface area (Å²) in [5.41, 5.74) is 6.31. The molecule has 0 amide bonds. The fourth-order valence-electron chi connectivity index (χ4n) is 2.31. The molecule has 0 aromatic heterocycles. The molecule has 0 bridgehead atoms. The third-order valence-electron chi connectivity index (χ3n) is 3.30. The molecule has 2 atom stereocenters. The van der Waals surface area contributed by atoms with Crippen molar-refractivity contribution in [1.29, 1.82) is 0 Å². The van der Waals surface area contributed by atoms with Crippen molar-refractivity contribution in [3.8, 4) is 5.75 Å². The first-order valence-electron chi connectivity index (χ1n) is 6.38. The van der Waals surface area contributed by atoms with Crippen molar-refractivity contribution in [3.05, 3.63) is 22.7 Å². The number of carbonyl (C=O) groups excluding carboxylic acids is 1. The molecule has 0 radical (unpaired) electrons. The van der Waals surface area contributed by atoms with Crippen molar-refractivity contribution < 1.29 is 14.3 Å². The molecule has 1 saturated heterocycles. The van der Waals surface area contributed by atoms with E-state index in [9.17, 15) is 4.79 Å². The fourth-order valence-corrected chi connectivity index (χ4v) is 2.66. The second-order valence-corrected chi connectivity index (χ2v) is 5.85. The number of nitrogens with two attached hydrogens (primary N) is 1. The molecule has 1 aromatic carbocycles. The number of rotatable bonds is 3. The first-order valence-corrected chi connectivity index (χ1v) is 7.17. The van der Waals surface area contributed by atoms with Gasteiger partial charge in [-0.2, -0.15) is 0 Å². The van der Waals surface area contributed by atoms with E-state index in [1.165, 1.54) is 0 Å². The molecule has 0 saturated carbocycles. The molecule has 1 aliphatic rings. The zero-order valence-corrected chi connectivity index (χ0v) is 12.6. The van der Waals surface area contributed by atoms with Crippen LogP contribution in [-0.2, 0) is 9.53 Å².